The molecule has 0 fully saturated rings. The maximum Gasteiger partial charge on any atom is 0.234 e. The number of hydrogen-bond acceptors (Lipinski definition) is 6. The molecular weight excluding hydrogens is 481 g/mol. The van der Waals surface area contributed by atoms with Crippen molar-refractivity contribution in [3.63, 3.8) is 0 Å². The highest BCUT2D eigenvalue weighted by Crippen LogP contribution is 2.28. The lowest BCUT2D eigenvalue weighted by Gasteiger charge is -2.16. The van der Waals surface area contributed by atoms with E-state index in [2.05, 4.69) is 20.8 Å². The molecule has 1 atom stereocenters. The van der Waals surface area contributed by atoms with Crippen molar-refractivity contribution in [2.45, 2.75) is 25.1 Å². The number of amides is 2. The van der Waals surface area contributed by atoms with E-state index in [1.54, 1.807) is 36.4 Å². The zero-order chi connectivity index (χ0) is 25.5. The number of carbonyl (C=O) groups is 2. The van der Waals surface area contributed by atoms with Crippen molar-refractivity contribution >= 4 is 35.0 Å². The number of anilines is 2. The second kappa shape index (κ2) is 11.5. The van der Waals surface area contributed by atoms with Crippen LogP contribution >= 0.6 is 11.8 Å². The van der Waals surface area contributed by atoms with Gasteiger partial charge in [0.05, 0.1) is 5.75 Å². The van der Waals surface area contributed by atoms with Gasteiger partial charge < -0.3 is 15.4 Å². The topological polar surface area (TPSA) is 98.1 Å². The monoisotopic (exact) mass is 505 g/mol. The number of halogens is 1. The van der Waals surface area contributed by atoms with Crippen molar-refractivity contribution in [2.75, 3.05) is 16.4 Å². The molecule has 0 aliphatic rings. The van der Waals surface area contributed by atoms with Crippen LogP contribution in [0.25, 0.3) is 5.69 Å². The predicted octanol–water partition coefficient (Wildman–Crippen LogP) is 5.24. The van der Waals surface area contributed by atoms with Crippen molar-refractivity contribution in [2.24, 2.45) is 0 Å². The molecule has 3 aromatic carbocycles. The van der Waals surface area contributed by atoms with Gasteiger partial charge in [-0.15, -0.1) is 10.2 Å². The third kappa shape index (κ3) is 6.48. The molecule has 4 rings (SSSR count). The molecule has 8 nitrogen and oxygen atoms in total. The molecule has 0 radical (unpaired) electrons. The first-order chi connectivity index (χ1) is 17.4. The second-order valence-corrected chi connectivity index (χ2v) is 8.76. The number of aromatic nitrogens is 3. The molecule has 4 aromatic rings. The highest BCUT2D eigenvalue weighted by atomic mass is 32.2. The van der Waals surface area contributed by atoms with Crippen molar-refractivity contribution < 1.29 is 18.7 Å². The third-order valence-electron chi connectivity index (χ3n) is 4.98. The smallest absolute Gasteiger partial charge is 0.234 e. The number of para-hydroxylation sites is 1. The first kappa shape index (κ1) is 24.9. The molecule has 2 amide bonds. The quantitative estimate of drug-likeness (QED) is 0.302. The SMILES string of the molecule is CC(=O)Nc1ccc(NC(=O)CSc2nnc(C(C)Oc3ccc(F)cc3)n2-c2ccccc2)cc1. The van der Waals surface area contributed by atoms with Crippen LogP contribution in [-0.2, 0) is 9.59 Å². The molecule has 1 unspecified atom stereocenters. The number of hydrogen-bond donors (Lipinski definition) is 2. The molecule has 184 valence electrons. The molecule has 0 saturated carbocycles. The number of carbonyl (C=O) groups excluding carboxylic acids is 2. The Kier molecular flexibility index (Phi) is 7.96. The molecule has 0 aliphatic heterocycles. The Bertz CT molecular complexity index is 1330. The molecule has 36 heavy (non-hydrogen) atoms. The lowest BCUT2D eigenvalue weighted by atomic mass is 10.3. The van der Waals surface area contributed by atoms with Gasteiger partial charge in [-0.1, -0.05) is 30.0 Å². The maximum absolute atomic E-state index is 13.3. The van der Waals surface area contributed by atoms with Gasteiger partial charge in [-0.2, -0.15) is 0 Å². The summed E-state index contributed by atoms with van der Waals surface area (Å²) in [6, 6.07) is 22.2. The van der Waals surface area contributed by atoms with Crippen LogP contribution in [0.4, 0.5) is 15.8 Å². The number of nitrogens with one attached hydrogen (secondary N) is 2. The lowest BCUT2D eigenvalue weighted by Crippen LogP contribution is -2.15. The first-order valence-electron chi connectivity index (χ1n) is 11.1. The Balaban J connectivity index is 1.47. The largest absolute Gasteiger partial charge is 0.483 e. The zero-order valence-electron chi connectivity index (χ0n) is 19.6. The fourth-order valence-electron chi connectivity index (χ4n) is 3.40. The van der Waals surface area contributed by atoms with Gasteiger partial charge in [-0.05, 0) is 67.6 Å². The van der Waals surface area contributed by atoms with E-state index in [0.717, 1.165) is 5.69 Å². The van der Waals surface area contributed by atoms with Gasteiger partial charge in [-0.25, -0.2) is 4.39 Å². The highest BCUT2D eigenvalue weighted by molar-refractivity contribution is 7.99. The summed E-state index contributed by atoms with van der Waals surface area (Å²) in [6.45, 7) is 3.26. The first-order valence-corrected chi connectivity index (χ1v) is 12.1. The van der Waals surface area contributed by atoms with Crippen LogP contribution in [0.2, 0.25) is 0 Å². The standard InChI is InChI=1S/C26H24FN5O3S/c1-17(35-23-14-8-19(27)9-15-23)25-30-31-26(32(25)22-6-4-3-5-7-22)36-16-24(34)29-21-12-10-20(11-13-21)28-18(2)33/h3-15,17H,16H2,1-2H3,(H,28,33)(H,29,34). The van der Waals surface area contributed by atoms with E-state index in [9.17, 15) is 14.0 Å². The third-order valence-corrected chi connectivity index (χ3v) is 5.91. The van der Waals surface area contributed by atoms with Gasteiger partial charge in [0, 0.05) is 24.0 Å². The number of ether oxygens (including phenoxy) is 1. The predicted molar refractivity (Wildman–Crippen MR) is 137 cm³/mol. The average molecular weight is 506 g/mol. The minimum Gasteiger partial charge on any atom is -0.483 e. The van der Waals surface area contributed by atoms with E-state index in [1.165, 1.54) is 30.8 Å². The molecule has 1 heterocycles. The van der Waals surface area contributed by atoms with E-state index in [4.69, 9.17) is 4.74 Å². The summed E-state index contributed by atoms with van der Waals surface area (Å²) >= 11 is 1.24. The zero-order valence-corrected chi connectivity index (χ0v) is 20.5. The van der Waals surface area contributed by atoms with Gasteiger partial charge >= 0.3 is 0 Å². The second-order valence-electron chi connectivity index (χ2n) is 7.82. The molecule has 2 N–H and O–H groups in total. The van der Waals surface area contributed by atoms with Gasteiger partial charge in [0.25, 0.3) is 0 Å². The van der Waals surface area contributed by atoms with E-state index >= 15 is 0 Å². The van der Waals surface area contributed by atoms with Gasteiger partial charge in [0.1, 0.15) is 11.6 Å². The van der Waals surface area contributed by atoms with Crippen molar-refractivity contribution in [1.82, 2.24) is 14.8 Å². The van der Waals surface area contributed by atoms with Crippen molar-refractivity contribution in [3.05, 3.63) is 90.5 Å². The Morgan fingerprint density at radius 1 is 0.944 bits per heavy atom. The molecule has 0 saturated heterocycles. The number of benzene rings is 3. The summed E-state index contributed by atoms with van der Waals surface area (Å²) in [5.41, 5.74) is 2.08. The lowest BCUT2D eigenvalue weighted by molar-refractivity contribution is -0.114. The van der Waals surface area contributed by atoms with E-state index in [0.29, 0.717) is 28.1 Å². The van der Waals surface area contributed by atoms with Gasteiger partial charge in [0.15, 0.2) is 17.1 Å². The molecule has 0 aliphatic carbocycles. The number of rotatable bonds is 9. The van der Waals surface area contributed by atoms with Crippen LogP contribution in [0.15, 0.2) is 84.0 Å². The van der Waals surface area contributed by atoms with E-state index < -0.39 is 6.10 Å². The molecular formula is C26H24FN5O3S. The maximum atomic E-state index is 13.3. The Hall–Kier alpha value is -4.18. The summed E-state index contributed by atoms with van der Waals surface area (Å²) in [6.07, 6.45) is -0.492. The summed E-state index contributed by atoms with van der Waals surface area (Å²) in [7, 11) is 0. The van der Waals surface area contributed by atoms with Crippen molar-refractivity contribution in [1.29, 1.82) is 0 Å². The van der Waals surface area contributed by atoms with Crippen LogP contribution in [0, 0.1) is 5.82 Å². The summed E-state index contributed by atoms with van der Waals surface area (Å²) < 4.78 is 21.1. The van der Waals surface area contributed by atoms with Crippen LogP contribution < -0.4 is 15.4 Å². The van der Waals surface area contributed by atoms with Crippen LogP contribution in [0.5, 0.6) is 5.75 Å². The Labute approximate surface area is 211 Å². The minimum absolute atomic E-state index is 0.103. The highest BCUT2D eigenvalue weighted by Gasteiger charge is 2.21. The average Bonchev–Trinajstić information content (AvgIpc) is 3.30. The van der Waals surface area contributed by atoms with Crippen LogP contribution in [0.1, 0.15) is 25.8 Å². The Morgan fingerprint density at radius 3 is 2.22 bits per heavy atom. The number of nitrogens with zero attached hydrogens (tertiary/aromatic N) is 3. The molecule has 10 heteroatoms. The van der Waals surface area contributed by atoms with E-state index in [-0.39, 0.29) is 23.4 Å². The summed E-state index contributed by atoms with van der Waals surface area (Å²) in [4.78, 5) is 23.7. The normalized spacial score (nSPS) is 11.5. The van der Waals surface area contributed by atoms with Crippen molar-refractivity contribution in [3.8, 4) is 11.4 Å². The molecule has 1 aromatic heterocycles. The van der Waals surface area contributed by atoms with Crippen LogP contribution in [0.3, 0.4) is 0 Å². The number of thioether (sulfide) groups is 1. The fraction of sp³-hybridized carbons (Fsp3) is 0.154. The van der Waals surface area contributed by atoms with E-state index in [1.807, 2.05) is 41.8 Å². The molecule has 0 bridgehead atoms. The summed E-state index contributed by atoms with van der Waals surface area (Å²) in [5.74, 6) is 0.426. The molecule has 0 spiro atoms. The van der Waals surface area contributed by atoms with Gasteiger partial charge in [-0.3, -0.25) is 14.2 Å². The van der Waals surface area contributed by atoms with Gasteiger partial charge in [0.2, 0.25) is 11.8 Å². The fourth-order valence-corrected chi connectivity index (χ4v) is 4.15. The Morgan fingerprint density at radius 2 is 1.58 bits per heavy atom. The summed E-state index contributed by atoms with van der Waals surface area (Å²) in [5, 5.41) is 14.7. The van der Waals surface area contributed by atoms with Crippen LogP contribution in [-0.4, -0.2) is 32.3 Å². The minimum atomic E-state index is -0.492.